The number of carbonyl (C=O) groups is 2. The van der Waals surface area contributed by atoms with E-state index in [0.717, 1.165) is 40.8 Å². The summed E-state index contributed by atoms with van der Waals surface area (Å²) in [6.45, 7) is 6.88. The summed E-state index contributed by atoms with van der Waals surface area (Å²) in [7, 11) is 5.68. The lowest BCUT2D eigenvalue weighted by atomic mass is 9.91. The molecule has 0 unspecified atom stereocenters. The van der Waals surface area contributed by atoms with Crippen LogP contribution >= 0.6 is 11.8 Å². The zero-order valence-corrected chi connectivity index (χ0v) is 27.4. The monoisotopic (exact) mass is 615 g/mol. The number of benzene rings is 2. The van der Waals surface area contributed by atoms with Gasteiger partial charge >= 0.3 is 0 Å². The molecule has 2 amide bonds. The number of thioether (sulfide) groups is 1. The first-order chi connectivity index (χ1) is 20.2. The first-order valence-electron chi connectivity index (χ1n) is 14.8. The van der Waals surface area contributed by atoms with Crippen LogP contribution in [-0.4, -0.2) is 107 Å². The summed E-state index contributed by atoms with van der Waals surface area (Å²) in [6.07, 6.45) is -0.147. The average molecular weight is 616 g/mol. The van der Waals surface area contributed by atoms with Crippen molar-refractivity contribution in [3.8, 4) is 0 Å². The van der Waals surface area contributed by atoms with Gasteiger partial charge in [0, 0.05) is 26.6 Å². The molecule has 0 radical (unpaired) electrons. The highest BCUT2D eigenvalue weighted by atomic mass is 32.2. The zero-order valence-electron chi connectivity index (χ0n) is 26.5. The molecule has 0 aliphatic carbocycles. The molecule has 0 spiro atoms. The molecule has 2 aromatic rings. The van der Waals surface area contributed by atoms with E-state index in [0.29, 0.717) is 25.8 Å². The highest BCUT2D eigenvalue weighted by molar-refractivity contribution is 7.99. The number of nitrogens with zero attached hydrogens (tertiary/aromatic N) is 2. The number of aryl methyl sites for hydroxylation is 2. The zero-order chi connectivity index (χ0) is 31.9. The summed E-state index contributed by atoms with van der Waals surface area (Å²) in [5.41, 5.74) is 3.63. The molecule has 9 nitrogen and oxygen atoms in total. The predicted molar refractivity (Wildman–Crippen MR) is 171 cm³/mol. The lowest BCUT2D eigenvalue weighted by molar-refractivity contribution is -0.200. The molecule has 2 aromatic carbocycles. The van der Waals surface area contributed by atoms with Crippen molar-refractivity contribution < 1.29 is 29.6 Å². The van der Waals surface area contributed by atoms with Gasteiger partial charge in [-0.2, -0.15) is 0 Å². The third kappa shape index (κ3) is 9.51. The molecule has 0 bridgehead atoms. The number of amides is 2. The van der Waals surface area contributed by atoms with Crippen molar-refractivity contribution in [2.24, 2.45) is 0 Å². The molecule has 1 aliphatic rings. The lowest BCUT2D eigenvalue weighted by Gasteiger charge is -2.40. The number of nitrogens with one attached hydrogen (secondary N) is 1. The van der Waals surface area contributed by atoms with E-state index >= 15 is 0 Å². The molecule has 10 heteroatoms. The van der Waals surface area contributed by atoms with Crippen molar-refractivity contribution >= 4 is 23.6 Å². The number of hydrogen-bond donors (Lipinski definition) is 4. The minimum Gasteiger partial charge on any atom is -0.387 e. The third-order valence-corrected chi connectivity index (χ3v) is 8.86. The normalized spacial score (nSPS) is 22.4. The van der Waals surface area contributed by atoms with Crippen molar-refractivity contribution in [3.05, 3.63) is 70.3 Å². The Morgan fingerprint density at radius 2 is 1.60 bits per heavy atom. The van der Waals surface area contributed by atoms with Gasteiger partial charge in [-0.1, -0.05) is 42.5 Å². The molecular weight excluding hydrogens is 566 g/mol. The standard InChI is InChI=1S/C33H49N3O6S/c1-21-11-16-24(30-28(39)27(38)29(40)31(42-30)43-7)20-25(21)19-23-14-12-22(13-15-23)9-8-10-26(37)34-33(2,3)32(41)36(6)18-17-35(4)5/h11-16,20,27-31,38-40H,8-10,17-19H2,1-7H3,(H,34,37)/t27-,28-,29+,30+,31-/m1/s1. The smallest absolute Gasteiger partial charge is 0.247 e. The van der Waals surface area contributed by atoms with Crippen LogP contribution in [0.4, 0.5) is 0 Å². The summed E-state index contributed by atoms with van der Waals surface area (Å²) >= 11 is 1.30. The number of rotatable bonds is 13. The van der Waals surface area contributed by atoms with Crippen LogP contribution in [-0.2, 0) is 27.2 Å². The van der Waals surface area contributed by atoms with Crippen molar-refractivity contribution in [2.75, 3.05) is 40.5 Å². The van der Waals surface area contributed by atoms with Crippen LogP contribution in [0.15, 0.2) is 42.5 Å². The largest absolute Gasteiger partial charge is 0.387 e. The number of aliphatic hydroxyl groups excluding tert-OH is 3. The second kappa shape index (κ2) is 15.5. The highest BCUT2D eigenvalue weighted by Gasteiger charge is 2.44. The molecule has 5 atom stereocenters. The molecular formula is C33H49N3O6S. The molecule has 1 heterocycles. The molecule has 238 valence electrons. The van der Waals surface area contributed by atoms with Crippen LogP contribution in [0.1, 0.15) is 60.6 Å². The van der Waals surface area contributed by atoms with Crippen molar-refractivity contribution in [1.29, 1.82) is 0 Å². The van der Waals surface area contributed by atoms with Crippen LogP contribution in [0.25, 0.3) is 0 Å². The molecule has 1 aliphatic heterocycles. The Balaban J connectivity index is 1.54. The minimum absolute atomic E-state index is 0.109. The maximum absolute atomic E-state index is 12.8. The van der Waals surface area contributed by atoms with Gasteiger partial charge in [0.2, 0.25) is 11.8 Å². The number of hydrogen-bond acceptors (Lipinski definition) is 8. The quantitative estimate of drug-likeness (QED) is 0.271. The lowest BCUT2D eigenvalue weighted by Crippen LogP contribution is -2.55. The number of ether oxygens (including phenoxy) is 1. The molecule has 43 heavy (non-hydrogen) atoms. The molecule has 0 saturated carbocycles. The Morgan fingerprint density at radius 3 is 2.23 bits per heavy atom. The second-order valence-corrected chi connectivity index (χ2v) is 13.3. The summed E-state index contributed by atoms with van der Waals surface area (Å²) in [5, 5.41) is 34.0. The van der Waals surface area contributed by atoms with Gasteiger partial charge < -0.3 is 35.2 Å². The number of aliphatic hydroxyl groups is 3. The SMILES string of the molecule is CS[C@H]1O[C@@H](c2ccc(C)c(Cc3ccc(CCCC(=O)NC(C)(C)C(=O)N(C)CCN(C)C)cc3)c2)[C@H](O)[C@@H](O)[C@@H]1O. The Labute approximate surface area is 260 Å². The second-order valence-electron chi connectivity index (χ2n) is 12.4. The summed E-state index contributed by atoms with van der Waals surface area (Å²) in [4.78, 5) is 29.1. The van der Waals surface area contributed by atoms with Crippen LogP contribution in [0.2, 0.25) is 0 Å². The van der Waals surface area contributed by atoms with Crippen LogP contribution in [0.5, 0.6) is 0 Å². The fourth-order valence-electron chi connectivity index (χ4n) is 5.27. The van der Waals surface area contributed by atoms with E-state index < -0.39 is 35.4 Å². The fraction of sp³-hybridized carbons (Fsp3) is 0.576. The summed E-state index contributed by atoms with van der Waals surface area (Å²) in [5.74, 6) is -0.244. The van der Waals surface area contributed by atoms with Gasteiger partial charge in [-0.3, -0.25) is 9.59 Å². The van der Waals surface area contributed by atoms with Crippen molar-refractivity contribution in [3.63, 3.8) is 0 Å². The third-order valence-electron chi connectivity index (χ3n) is 8.01. The Kier molecular flexibility index (Phi) is 12.6. The Hall–Kier alpha value is -2.47. The van der Waals surface area contributed by atoms with Gasteiger partial charge in [0.1, 0.15) is 35.4 Å². The molecule has 1 saturated heterocycles. The van der Waals surface area contributed by atoms with E-state index in [9.17, 15) is 24.9 Å². The first kappa shape index (κ1) is 35.0. The summed E-state index contributed by atoms with van der Waals surface area (Å²) < 4.78 is 5.95. The van der Waals surface area contributed by atoms with Crippen molar-refractivity contribution in [1.82, 2.24) is 15.1 Å². The molecule has 3 rings (SSSR count). The van der Waals surface area contributed by atoms with E-state index in [1.54, 1.807) is 32.1 Å². The van der Waals surface area contributed by atoms with Crippen molar-refractivity contribution in [2.45, 2.75) is 81.8 Å². The van der Waals surface area contributed by atoms with E-state index in [-0.39, 0.29) is 11.8 Å². The number of likely N-dealkylation sites (N-methyl/N-ethyl adjacent to an activating group) is 2. The van der Waals surface area contributed by atoms with Crippen LogP contribution in [0, 0.1) is 6.92 Å². The maximum atomic E-state index is 12.8. The predicted octanol–water partition coefficient (Wildman–Crippen LogP) is 2.67. The summed E-state index contributed by atoms with van der Waals surface area (Å²) in [6, 6.07) is 14.2. The Morgan fingerprint density at radius 1 is 0.953 bits per heavy atom. The molecule has 0 aromatic heterocycles. The molecule has 1 fully saturated rings. The topological polar surface area (TPSA) is 123 Å². The average Bonchev–Trinajstić information content (AvgIpc) is 2.96. The van der Waals surface area contributed by atoms with Crippen LogP contribution < -0.4 is 5.32 Å². The fourth-order valence-corrected chi connectivity index (χ4v) is 5.94. The van der Waals surface area contributed by atoms with Gasteiger partial charge in [0.05, 0.1) is 0 Å². The molecule has 4 N–H and O–H groups in total. The van der Waals surface area contributed by atoms with Crippen LogP contribution in [0.3, 0.4) is 0 Å². The maximum Gasteiger partial charge on any atom is 0.247 e. The van der Waals surface area contributed by atoms with E-state index in [4.69, 9.17) is 4.74 Å². The number of carbonyl (C=O) groups excluding carboxylic acids is 2. The minimum atomic E-state index is -1.28. The van der Waals surface area contributed by atoms with Gasteiger partial charge in [0.15, 0.2) is 0 Å². The Bertz CT molecular complexity index is 1220. The van der Waals surface area contributed by atoms with Gasteiger partial charge in [-0.25, -0.2) is 0 Å². The van der Waals surface area contributed by atoms with E-state index in [2.05, 4.69) is 29.6 Å². The first-order valence-corrected chi connectivity index (χ1v) is 16.1. The van der Waals surface area contributed by atoms with Gasteiger partial charge in [-0.05, 0) is 88.2 Å². The highest BCUT2D eigenvalue weighted by Crippen LogP contribution is 2.36. The van der Waals surface area contributed by atoms with Gasteiger partial charge in [0.25, 0.3) is 0 Å². The van der Waals surface area contributed by atoms with E-state index in [1.807, 2.05) is 44.1 Å². The van der Waals surface area contributed by atoms with Gasteiger partial charge in [-0.15, -0.1) is 11.8 Å². The van der Waals surface area contributed by atoms with E-state index in [1.165, 1.54) is 11.8 Å².